The molecular weight excluding hydrogens is 254 g/mol. The molecule has 1 N–H and O–H groups in total. The van der Waals surface area contributed by atoms with Crippen LogP contribution in [0.3, 0.4) is 0 Å². The second-order valence-electron chi connectivity index (χ2n) is 4.28. The number of carbonyl (C=O) groups is 2. The van der Waals surface area contributed by atoms with Crippen molar-refractivity contribution in [2.24, 2.45) is 0 Å². The van der Waals surface area contributed by atoms with Crippen LogP contribution in [0.5, 0.6) is 5.75 Å². The van der Waals surface area contributed by atoms with E-state index in [1.54, 1.807) is 19.2 Å². The molecule has 0 unspecified atom stereocenters. The van der Waals surface area contributed by atoms with Crippen molar-refractivity contribution < 1.29 is 14.3 Å². The number of methoxy groups -OCH3 is 1. The number of rotatable bonds is 3. The van der Waals surface area contributed by atoms with Gasteiger partial charge in [-0.1, -0.05) is 30.3 Å². The van der Waals surface area contributed by atoms with Gasteiger partial charge < -0.3 is 4.74 Å². The molecule has 0 aliphatic rings. The highest BCUT2D eigenvalue weighted by molar-refractivity contribution is 6.07. The fraction of sp³-hybridized carbons (Fsp3) is 0.125. The molecular formula is C16H15NO3. The normalized spacial score (nSPS) is 9.90. The fourth-order valence-electron chi connectivity index (χ4n) is 1.93. The molecule has 0 saturated carbocycles. The van der Waals surface area contributed by atoms with Gasteiger partial charge in [-0.25, -0.2) is 0 Å². The average molecular weight is 269 g/mol. The highest BCUT2D eigenvalue weighted by Crippen LogP contribution is 2.25. The first kappa shape index (κ1) is 13.8. The molecule has 0 aliphatic carbocycles. The molecule has 4 heteroatoms. The van der Waals surface area contributed by atoms with Gasteiger partial charge in [0.1, 0.15) is 5.75 Å². The second-order valence-corrected chi connectivity index (χ2v) is 4.28. The molecule has 102 valence electrons. The highest BCUT2D eigenvalue weighted by Gasteiger charge is 2.13. The number of hydrogen-bond donors (Lipinski definition) is 1. The van der Waals surface area contributed by atoms with Crippen LogP contribution in [-0.4, -0.2) is 18.9 Å². The molecule has 2 aromatic rings. The molecule has 0 saturated heterocycles. The molecule has 20 heavy (non-hydrogen) atoms. The molecule has 0 spiro atoms. The Kier molecular flexibility index (Phi) is 4.15. The van der Waals surface area contributed by atoms with E-state index in [2.05, 4.69) is 5.32 Å². The van der Waals surface area contributed by atoms with Gasteiger partial charge in [0.05, 0.1) is 7.11 Å². The quantitative estimate of drug-likeness (QED) is 0.932. The first-order valence-corrected chi connectivity index (χ1v) is 6.17. The molecule has 2 rings (SSSR count). The summed E-state index contributed by atoms with van der Waals surface area (Å²) < 4.78 is 5.11. The second kappa shape index (κ2) is 6.02. The van der Waals surface area contributed by atoms with Gasteiger partial charge in [0, 0.05) is 12.5 Å². The van der Waals surface area contributed by atoms with E-state index in [0.29, 0.717) is 5.56 Å². The Balaban J connectivity index is 2.40. The van der Waals surface area contributed by atoms with E-state index in [9.17, 15) is 9.59 Å². The lowest BCUT2D eigenvalue weighted by Crippen LogP contribution is -2.28. The predicted octanol–water partition coefficient (Wildman–Crippen LogP) is 2.64. The molecule has 2 amide bonds. The highest BCUT2D eigenvalue weighted by atomic mass is 16.5. The maximum atomic E-state index is 12.0. The van der Waals surface area contributed by atoms with Crippen LogP contribution in [0.25, 0.3) is 11.1 Å². The monoisotopic (exact) mass is 269 g/mol. The molecule has 0 atom stereocenters. The zero-order chi connectivity index (χ0) is 14.5. The minimum atomic E-state index is -0.399. The summed E-state index contributed by atoms with van der Waals surface area (Å²) in [6.45, 7) is 1.31. The average Bonchev–Trinajstić information content (AvgIpc) is 2.46. The smallest absolute Gasteiger partial charge is 0.258 e. The molecule has 0 aromatic heterocycles. The van der Waals surface area contributed by atoms with Crippen molar-refractivity contribution in [1.29, 1.82) is 0 Å². The van der Waals surface area contributed by atoms with Crippen LogP contribution >= 0.6 is 0 Å². The maximum absolute atomic E-state index is 12.0. The van der Waals surface area contributed by atoms with Crippen LogP contribution in [0, 0.1) is 0 Å². The lowest BCUT2D eigenvalue weighted by Gasteiger charge is -2.09. The fourth-order valence-corrected chi connectivity index (χ4v) is 1.93. The largest absolute Gasteiger partial charge is 0.497 e. The van der Waals surface area contributed by atoms with Crippen molar-refractivity contribution in [2.75, 3.05) is 7.11 Å². The van der Waals surface area contributed by atoms with Crippen molar-refractivity contribution >= 4 is 11.8 Å². The van der Waals surface area contributed by atoms with Gasteiger partial charge in [0.2, 0.25) is 5.91 Å². The Morgan fingerprint density at radius 3 is 2.25 bits per heavy atom. The van der Waals surface area contributed by atoms with Crippen molar-refractivity contribution in [3.8, 4) is 16.9 Å². The van der Waals surface area contributed by atoms with E-state index in [-0.39, 0.29) is 5.91 Å². The van der Waals surface area contributed by atoms with Crippen LogP contribution in [0.15, 0.2) is 48.5 Å². The van der Waals surface area contributed by atoms with Crippen LogP contribution in [0.2, 0.25) is 0 Å². The van der Waals surface area contributed by atoms with E-state index in [1.165, 1.54) is 6.92 Å². The predicted molar refractivity (Wildman–Crippen MR) is 76.6 cm³/mol. The summed E-state index contributed by atoms with van der Waals surface area (Å²) in [5, 5.41) is 2.29. The van der Waals surface area contributed by atoms with E-state index < -0.39 is 5.91 Å². The number of benzene rings is 2. The van der Waals surface area contributed by atoms with Crippen LogP contribution in [-0.2, 0) is 4.79 Å². The van der Waals surface area contributed by atoms with Crippen molar-refractivity contribution in [2.45, 2.75) is 6.92 Å². The Morgan fingerprint density at radius 2 is 1.65 bits per heavy atom. The van der Waals surface area contributed by atoms with Crippen molar-refractivity contribution in [3.05, 3.63) is 54.1 Å². The van der Waals surface area contributed by atoms with Gasteiger partial charge in [-0.2, -0.15) is 0 Å². The molecule has 4 nitrogen and oxygen atoms in total. The number of carbonyl (C=O) groups excluding carboxylic acids is 2. The summed E-state index contributed by atoms with van der Waals surface area (Å²) in [5.74, 6) is -0.0251. The third kappa shape index (κ3) is 3.03. The Morgan fingerprint density at radius 1 is 1.00 bits per heavy atom. The van der Waals surface area contributed by atoms with Crippen molar-refractivity contribution in [1.82, 2.24) is 5.32 Å². The van der Waals surface area contributed by atoms with Gasteiger partial charge in [-0.15, -0.1) is 0 Å². The van der Waals surface area contributed by atoms with Gasteiger partial charge in [-0.3, -0.25) is 14.9 Å². The maximum Gasteiger partial charge on any atom is 0.258 e. The topological polar surface area (TPSA) is 55.4 Å². The molecule has 0 aliphatic heterocycles. The van der Waals surface area contributed by atoms with Gasteiger partial charge in [0.15, 0.2) is 0 Å². The third-order valence-electron chi connectivity index (χ3n) is 2.86. The van der Waals surface area contributed by atoms with Gasteiger partial charge in [0.25, 0.3) is 5.91 Å². The SMILES string of the molecule is COc1ccc(-c2ccccc2C(=O)NC(C)=O)cc1. The zero-order valence-electron chi connectivity index (χ0n) is 11.3. The summed E-state index contributed by atoms with van der Waals surface area (Å²) >= 11 is 0. The number of ether oxygens (including phenoxy) is 1. The number of amides is 2. The number of hydrogen-bond acceptors (Lipinski definition) is 3. The molecule has 0 bridgehead atoms. The Labute approximate surface area is 117 Å². The summed E-state index contributed by atoms with van der Waals surface area (Å²) in [5.41, 5.74) is 2.13. The summed E-state index contributed by atoms with van der Waals surface area (Å²) in [4.78, 5) is 23.0. The first-order chi connectivity index (χ1) is 9.61. The zero-order valence-corrected chi connectivity index (χ0v) is 11.3. The number of imide groups is 1. The molecule has 0 fully saturated rings. The van der Waals surface area contributed by atoms with Crippen LogP contribution in [0.4, 0.5) is 0 Å². The lowest BCUT2D eigenvalue weighted by atomic mass is 9.99. The van der Waals surface area contributed by atoms with E-state index in [0.717, 1.165) is 16.9 Å². The minimum absolute atomic E-state index is 0.375. The van der Waals surface area contributed by atoms with Gasteiger partial charge in [-0.05, 0) is 29.3 Å². The summed E-state index contributed by atoms with van der Waals surface area (Å²) in [7, 11) is 1.60. The van der Waals surface area contributed by atoms with E-state index in [1.807, 2.05) is 36.4 Å². The Bertz CT molecular complexity index is 632. The number of nitrogens with one attached hydrogen (secondary N) is 1. The van der Waals surface area contributed by atoms with E-state index >= 15 is 0 Å². The first-order valence-electron chi connectivity index (χ1n) is 6.17. The van der Waals surface area contributed by atoms with E-state index in [4.69, 9.17) is 4.74 Å². The Hall–Kier alpha value is -2.62. The summed E-state index contributed by atoms with van der Waals surface area (Å²) in [6.07, 6.45) is 0. The molecule has 0 radical (unpaired) electrons. The molecule has 2 aromatic carbocycles. The van der Waals surface area contributed by atoms with Crippen LogP contribution in [0.1, 0.15) is 17.3 Å². The summed E-state index contributed by atoms with van der Waals surface area (Å²) in [6, 6.07) is 14.6. The molecule has 0 heterocycles. The van der Waals surface area contributed by atoms with Crippen LogP contribution < -0.4 is 10.1 Å². The van der Waals surface area contributed by atoms with Crippen molar-refractivity contribution in [3.63, 3.8) is 0 Å². The third-order valence-corrected chi connectivity index (χ3v) is 2.86. The lowest BCUT2D eigenvalue weighted by molar-refractivity contribution is -0.118. The van der Waals surface area contributed by atoms with Gasteiger partial charge >= 0.3 is 0 Å². The standard InChI is InChI=1S/C16H15NO3/c1-11(18)17-16(19)15-6-4-3-5-14(15)12-7-9-13(20-2)10-8-12/h3-10H,1-2H3,(H,17,18,19). The minimum Gasteiger partial charge on any atom is -0.497 e.